The zero-order chi connectivity index (χ0) is 24.5. The number of carbonyl (C=O) groups excluding carboxylic acids is 1. The summed E-state index contributed by atoms with van der Waals surface area (Å²) in [4.78, 5) is 24.5. The number of nitrogens with zero attached hydrogens (tertiary/aromatic N) is 3. The van der Waals surface area contributed by atoms with Crippen molar-refractivity contribution >= 4 is 39.3 Å². The lowest BCUT2D eigenvalue weighted by molar-refractivity contribution is 0.0950. The first-order valence-corrected chi connectivity index (χ1v) is 11.3. The number of rotatable bonds is 5. The number of halogens is 2. The van der Waals surface area contributed by atoms with Crippen molar-refractivity contribution < 1.29 is 9.18 Å². The van der Waals surface area contributed by atoms with Gasteiger partial charge in [-0.1, -0.05) is 17.7 Å². The molecule has 0 aliphatic rings. The Balaban J connectivity index is 1.35. The Hall–Kier alpha value is -4.28. The largest absolute Gasteiger partial charge is 0.360 e. The SMILES string of the molecule is Cc1cnc2c(C#N)cc(Cc3cc(C(=O)NCc4ccc5[nH]cc(Cl)c5c4F)ccn3)cc2c1. The molecule has 35 heavy (non-hydrogen) atoms. The van der Waals surface area contributed by atoms with E-state index in [9.17, 15) is 14.4 Å². The Morgan fingerprint density at radius 2 is 2.06 bits per heavy atom. The van der Waals surface area contributed by atoms with Crippen molar-refractivity contribution in [3.05, 3.63) is 105 Å². The number of hydrogen-bond donors (Lipinski definition) is 2. The number of amides is 1. The van der Waals surface area contributed by atoms with Crippen LogP contribution in [0.25, 0.3) is 21.8 Å². The lowest BCUT2D eigenvalue weighted by Gasteiger charge is -2.09. The second-order valence-corrected chi connectivity index (χ2v) is 8.74. The van der Waals surface area contributed by atoms with Crippen molar-refractivity contribution in [3.63, 3.8) is 0 Å². The normalized spacial score (nSPS) is 11.0. The average Bonchev–Trinajstić information content (AvgIpc) is 3.24. The van der Waals surface area contributed by atoms with Gasteiger partial charge in [0.05, 0.1) is 21.5 Å². The van der Waals surface area contributed by atoms with Gasteiger partial charge in [0.25, 0.3) is 5.91 Å². The molecular weight excluding hydrogens is 465 g/mol. The third-order valence-electron chi connectivity index (χ3n) is 5.82. The molecule has 0 aliphatic heterocycles. The van der Waals surface area contributed by atoms with Crippen LogP contribution in [0.1, 0.15) is 38.3 Å². The van der Waals surface area contributed by atoms with Crippen molar-refractivity contribution in [2.24, 2.45) is 0 Å². The molecule has 0 radical (unpaired) electrons. The number of hydrogen-bond acceptors (Lipinski definition) is 4. The van der Waals surface area contributed by atoms with Crippen molar-refractivity contribution in [1.82, 2.24) is 20.3 Å². The number of aromatic nitrogens is 3. The molecule has 2 aromatic carbocycles. The van der Waals surface area contributed by atoms with E-state index >= 15 is 0 Å². The van der Waals surface area contributed by atoms with Crippen LogP contribution in [0.4, 0.5) is 4.39 Å². The second kappa shape index (κ2) is 9.16. The summed E-state index contributed by atoms with van der Waals surface area (Å²) in [7, 11) is 0. The molecule has 6 nitrogen and oxygen atoms in total. The van der Waals surface area contributed by atoms with Crippen LogP contribution in [-0.4, -0.2) is 20.9 Å². The Bertz CT molecular complexity index is 1650. The highest BCUT2D eigenvalue weighted by Gasteiger charge is 2.14. The van der Waals surface area contributed by atoms with E-state index < -0.39 is 5.82 Å². The van der Waals surface area contributed by atoms with Gasteiger partial charge in [0.1, 0.15) is 11.9 Å². The zero-order valence-electron chi connectivity index (χ0n) is 18.7. The fraction of sp³-hybridized carbons (Fsp3) is 0.111. The summed E-state index contributed by atoms with van der Waals surface area (Å²) < 4.78 is 14.8. The average molecular weight is 484 g/mol. The molecule has 1 amide bonds. The van der Waals surface area contributed by atoms with Gasteiger partial charge in [0.2, 0.25) is 0 Å². The lowest BCUT2D eigenvalue weighted by Crippen LogP contribution is -2.23. The van der Waals surface area contributed by atoms with Gasteiger partial charge in [-0.2, -0.15) is 5.26 Å². The second-order valence-electron chi connectivity index (χ2n) is 8.33. The van der Waals surface area contributed by atoms with Crippen LogP contribution in [-0.2, 0) is 13.0 Å². The molecule has 0 aliphatic carbocycles. The molecule has 5 aromatic rings. The van der Waals surface area contributed by atoms with Gasteiger partial charge in [-0.25, -0.2) is 4.39 Å². The number of aryl methyl sites for hydroxylation is 1. The molecule has 0 saturated heterocycles. The van der Waals surface area contributed by atoms with Crippen LogP contribution in [0, 0.1) is 24.1 Å². The van der Waals surface area contributed by atoms with E-state index in [4.69, 9.17) is 11.6 Å². The van der Waals surface area contributed by atoms with Crippen molar-refractivity contribution in [2.45, 2.75) is 19.9 Å². The third kappa shape index (κ3) is 4.44. The number of carbonyl (C=O) groups is 1. The number of nitrogens with one attached hydrogen (secondary N) is 2. The van der Waals surface area contributed by atoms with Crippen molar-refractivity contribution in [3.8, 4) is 6.07 Å². The Kier molecular flexibility index (Phi) is 5.89. The van der Waals surface area contributed by atoms with Gasteiger partial charge >= 0.3 is 0 Å². The molecule has 3 heterocycles. The van der Waals surface area contributed by atoms with E-state index in [0.29, 0.717) is 50.2 Å². The molecule has 0 bridgehead atoms. The Morgan fingerprint density at radius 1 is 1.20 bits per heavy atom. The molecule has 8 heteroatoms. The fourth-order valence-corrected chi connectivity index (χ4v) is 4.37. The van der Waals surface area contributed by atoms with Gasteiger partial charge in [0.15, 0.2) is 0 Å². The van der Waals surface area contributed by atoms with E-state index in [1.54, 1.807) is 42.7 Å². The number of benzene rings is 2. The maximum Gasteiger partial charge on any atom is 0.251 e. The standard InChI is InChI=1S/C27H19ClFN5O/c1-15-6-19-7-16(8-20(11-30)26(19)33-12-15)9-21-10-17(4-5-31-21)27(35)34-13-18-2-3-23-24(25(18)29)22(28)14-32-23/h2-8,10,12,14,32H,9,13H2,1H3,(H,34,35). The van der Waals surface area contributed by atoms with E-state index in [2.05, 4.69) is 26.3 Å². The number of nitriles is 1. The van der Waals surface area contributed by atoms with Crippen LogP contribution >= 0.6 is 11.6 Å². The molecule has 0 atom stereocenters. The molecule has 3 aromatic heterocycles. The molecule has 0 unspecified atom stereocenters. The lowest BCUT2D eigenvalue weighted by atomic mass is 10.0. The smallest absolute Gasteiger partial charge is 0.251 e. The van der Waals surface area contributed by atoms with Crippen molar-refractivity contribution in [1.29, 1.82) is 5.26 Å². The summed E-state index contributed by atoms with van der Waals surface area (Å²) in [5, 5.41) is 13.8. The van der Waals surface area contributed by atoms with Gasteiger partial charge in [-0.15, -0.1) is 0 Å². The number of pyridine rings is 2. The molecule has 0 saturated carbocycles. The fourth-order valence-electron chi connectivity index (χ4n) is 4.13. The minimum atomic E-state index is -0.459. The van der Waals surface area contributed by atoms with E-state index in [0.717, 1.165) is 16.5 Å². The molecule has 172 valence electrons. The summed E-state index contributed by atoms with van der Waals surface area (Å²) >= 11 is 6.06. The highest BCUT2D eigenvalue weighted by molar-refractivity contribution is 6.35. The molecule has 5 rings (SSSR count). The van der Waals surface area contributed by atoms with Crippen LogP contribution in [0.15, 0.2) is 61.1 Å². The summed E-state index contributed by atoms with van der Waals surface area (Å²) in [5.74, 6) is -0.803. The summed E-state index contributed by atoms with van der Waals surface area (Å²) in [6.45, 7) is 1.97. The highest BCUT2D eigenvalue weighted by atomic mass is 35.5. The monoisotopic (exact) mass is 483 g/mol. The predicted octanol–water partition coefficient (Wildman–Crippen LogP) is 5.60. The van der Waals surface area contributed by atoms with Crippen LogP contribution in [0.3, 0.4) is 0 Å². The van der Waals surface area contributed by atoms with Crippen LogP contribution in [0.5, 0.6) is 0 Å². The van der Waals surface area contributed by atoms with Gasteiger partial charge in [0, 0.05) is 59.3 Å². The molecule has 0 fully saturated rings. The maximum atomic E-state index is 14.8. The molecular formula is C27H19ClFN5O. The topological polar surface area (TPSA) is 94.5 Å². The summed E-state index contributed by atoms with van der Waals surface area (Å²) in [6.07, 6.45) is 5.28. The van der Waals surface area contributed by atoms with E-state index in [1.807, 2.05) is 19.1 Å². The van der Waals surface area contributed by atoms with Gasteiger partial charge < -0.3 is 10.3 Å². The quantitative estimate of drug-likeness (QED) is 0.340. The van der Waals surface area contributed by atoms with Crippen LogP contribution < -0.4 is 5.32 Å². The van der Waals surface area contributed by atoms with Crippen LogP contribution in [0.2, 0.25) is 5.02 Å². The Morgan fingerprint density at radius 3 is 2.89 bits per heavy atom. The number of H-pyrrole nitrogens is 1. The molecule has 0 spiro atoms. The summed E-state index contributed by atoms with van der Waals surface area (Å²) in [6, 6.07) is 14.6. The predicted molar refractivity (Wildman–Crippen MR) is 133 cm³/mol. The zero-order valence-corrected chi connectivity index (χ0v) is 19.4. The van der Waals surface area contributed by atoms with E-state index in [-0.39, 0.29) is 12.5 Å². The first-order valence-electron chi connectivity index (χ1n) is 10.9. The first-order chi connectivity index (χ1) is 16.9. The number of fused-ring (bicyclic) bond motifs is 2. The minimum Gasteiger partial charge on any atom is -0.360 e. The third-order valence-corrected chi connectivity index (χ3v) is 6.12. The first kappa shape index (κ1) is 22.5. The van der Waals surface area contributed by atoms with E-state index in [1.165, 1.54) is 6.20 Å². The molecule has 2 N–H and O–H groups in total. The summed E-state index contributed by atoms with van der Waals surface area (Å²) in [5.41, 5.74) is 5.08. The number of aromatic amines is 1. The Labute approximate surface area is 205 Å². The highest BCUT2D eigenvalue weighted by Crippen LogP contribution is 2.28. The maximum absolute atomic E-state index is 14.8. The van der Waals surface area contributed by atoms with Crippen molar-refractivity contribution in [2.75, 3.05) is 0 Å². The van der Waals surface area contributed by atoms with Gasteiger partial charge in [-0.3, -0.25) is 14.8 Å². The van der Waals surface area contributed by atoms with Gasteiger partial charge in [-0.05, 0) is 54.4 Å². The minimum absolute atomic E-state index is 0.0162.